The zero-order valence-electron chi connectivity index (χ0n) is 22.7. The molecule has 0 amide bonds. The van der Waals surface area contributed by atoms with Crippen molar-refractivity contribution >= 4 is 34.1 Å². The topological polar surface area (TPSA) is 169 Å². The molecule has 0 saturated carbocycles. The monoisotopic (exact) mass is 551 g/mol. The molecule has 3 aromatic rings. The van der Waals surface area contributed by atoms with Crippen LogP contribution in [0, 0.1) is 51.1 Å². The molecule has 0 spiro atoms. The van der Waals surface area contributed by atoms with Crippen molar-refractivity contribution in [2.24, 2.45) is 0 Å². The molecule has 0 aliphatic carbocycles. The average molecular weight is 552 g/mol. The van der Waals surface area contributed by atoms with Gasteiger partial charge in [-0.05, 0) is 57.2 Å². The van der Waals surface area contributed by atoms with E-state index >= 15 is 0 Å². The molecule has 0 saturated heterocycles. The molecular formula is C27H33N7O6. The predicted octanol–water partition coefficient (Wildman–Crippen LogP) is 5.27. The number of hydrogen-bond acceptors (Lipinski definition) is 10. The Labute approximate surface area is 231 Å². The van der Waals surface area contributed by atoms with Gasteiger partial charge in [0.1, 0.15) is 0 Å². The van der Waals surface area contributed by atoms with Gasteiger partial charge in [-0.3, -0.25) is 35.2 Å². The molecule has 3 N–H and O–H groups in total. The Morgan fingerprint density at radius 2 is 0.825 bits per heavy atom. The molecule has 0 bridgehead atoms. The second kappa shape index (κ2) is 13.8. The SMILES string of the molecule is Cc1cc(NCCN(CCNc2ccc([N+](=O)[O-])c(C)c2)CCNc2ccc([N+](=O)[O-])c(C)c2)ccc1[N+](=O)[O-]. The molecule has 3 aromatic carbocycles. The third kappa shape index (κ3) is 8.36. The third-order valence-electron chi connectivity index (χ3n) is 6.45. The summed E-state index contributed by atoms with van der Waals surface area (Å²) in [5.74, 6) is 0. The molecule has 3 rings (SSSR count). The van der Waals surface area contributed by atoms with Crippen molar-refractivity contribution in [1.82, 2.24) is 4.90 Å². The molecule has 0 radical (unpaired) electrons. The predicted molar refractivity (Wildman–Crippen MR) is 155 cm³/mol. The van der Waals surface area contributed by atoms with Crippen molar-refractivity contribution in [2.45, 2.75) is 20.8 Å². The molecule has 13 nitrogen and oxygen atoms in total. The fourth-order valence-corrected chi connectivity index (χ4v) is 4.32. The van der Waals surface area contributed by atoms with Crippen LogP contribution in [0.25, 0.3) is 0 Å². The summed E-state index contributed by atoms with van der Waals surface area (Å²) in [6, 6.07) is 14.8. The first-order valence-corrected chi connectivity index (χ1v) is 12.7. The highest BCUT2D eigenvalue weighted by molar-refractivity contribution is 5.55. The number of rotatable bonds is 15. The van der Waals surface area contributed by atoms with Gasteiger partial charge in [0.2, 0.25) is 0 Å². The summed E-state index contributed by atoms with van der Waals surface area (Å²) >= 11 is 0. The second-order valence-electron chi connectivity index (χ2n) is 9.40. The van der Waals surface area contributed by atoms with Gasteiger partial charge >= 0.3 is 0 Å². The number of hydrogen-bond donors (Lipinski definition) is 3. The Kier molecular flexibility index (Phi) is 10.3. The lowest BCUT2D eigenvalue weighted by atomic mass is 10.2. The summed E-state index contributed by atoms with van der Waals surface area (Å²) in [6.07, 6.45) is 0. The van der Waals surface area contributed by atoms with E-state index in [1.165, 1.54) is 18.2 Å². The molecule has 40 heavy (non-hydrogen) atoms. The van der Waals surface area contributed by atoms with E-state index in [-0.39, 0.29) is 17.1 Å². The standard InChI is InChI=1S/C27H33N7O6/c1-19-16-22(4-7-25(19)32(35)36)28-10-13-31(14-11-29-23-5-8-26(33(37)38)20(2)17-23)15-12-30-24-6-9-27(34(39)40)21(3)18-24/h4-9,16-18,28-30H,10-15H2,1-3H3. The zero-order valence-corrected chi connectivity index (χ0v) is 22.7. The van der Waals surface area contributed by atoms with Gasteiger partial charge in [-0.25, -0.2) is 0 Å². The second-order valence-corrected chi connectivity index (χ2v) is 9.40. The van der Waals surface area contributed by atoms with Crippen molar-refractivity contribution < 1.29 is 14.8 Å². The molecule has 0 aliphatic heterocycles. The lowest BCUT2D eigenvalue weighted by molar-refractivity contribution is -0.385. The van der Waals surface area contributed by atoms with E-state index in [0.717, 1.165) is 17.1 Å². The number of nitrogens with one attached hydrogen (secondary N) is 3. The Hall–Kier alpha value is -4.78. The van der Waals surface area contributed by atoms with Gasteiger partial charge in [0.25, 0.3) is 17.1 Å². The fraction of sp³-hybridized carbons (Fsp3) is 0.333. The lowest BCUT2D eigenvalue weighted by Gasteiger charge is -2.24. The summed E-state index contributed by atoms with van der Waals surface area (Å²) in [5.41, 5.74) is 4.35. The van der Waals surface area contributed by atoms with E-state index in [1.54, 1.807) is 57.2 Å². The van der Waals surface area contributed by atoms with Crippen molar-refractivity contribution in [3.63, 3.8) is 0 Å². The maximum Gasteiger partial charge on any atom is 0.272 e. The van der Waals surface area contributed by atoms with Crippen LogP contribution in [0.3, 0.4) is 0 Å². The summed E-state index contributed by atoms with van der Waals surface area (Å²) < 4.78 is 0. The van der Waals surface area contributed by atoms with Gasteiger partial charge in [0, 0.05) is 91.2 Å². The van der Waals surface area contributed by atoms with Crippen molar-refractivity contribution in [2.75, 3.05) is 55.2 Å². The largest absolute Gasteiger partial charge is 0.384 e. The van der Waals surface area contributed by atoms with E-state index in [0.29, 0.717) is 56.0 Å². The van der Waals surface area contributed by atoms with Gasteiger partial charge in [-0.1, -0.05) is 0 Å². The normalized spacial score (nSPS) is 10.8. The Bertz CT molecular complexity index is 1220. The van der Waals surface area contributed by atoms with Crippen LogP contribution in [0.2, 0.25) is 0 Å². The minimum atomic E-state index is -0.403. The van der Waals surface area contributed by atoms with Crippen LogP contribution >= 0.6 is 0 Å². The lowest BCUT2D eigenvalue weighted by Crippen LogP contribution is -2.36. The zero-order chi connectivity index (χ0) is 29.2. The van der Waals surface area contributed by atoms with Crippen LogP contribution in [0.4, 0.5) is 34.1 Å². The Morgan fingerprint density at radius 3 is 1.05 bits per heavy atom. The minimum Gasteiger partial charge on any atom is -0.384 e. The van der Waals surface area contributed by atoms with E-state index < -0.39 is 14.8 Å². The molecule has 0 heterocycles. The van der Waals surface area contributed by atoms with Crippen LogP contribution in [0.15, 0.2) is 54.6 Å². The van der Waals surface area contributed by atoms with Crippen LogP contribution in [-0.4, -0.2) is 58.9 Å². The molecule has 212 valence electrons. The van der Waals surface area contributed by atoms with Crippen LogP contribution in [0.1, 0.15) is 16.7 Å². The van der Waals surface area contributed by atoms with Gasteiger partial charge in [0.05, 0.1) is 14.8 Å². The van der Waals surface area contributed by atoms with Crippen molar-refractivity contribution in [3.8, 4) is 0 Å². The summed E-state index contributed by atoms with van der Waals surface area (Å²) in [7, 11) is 0. The number of nitro groups is 3. The van der Waals surface area contributed by atoms with Crippen LogP contribution in [0.5, 0.6) is 0 Å². The molecule has 0 atom stereocenters. The molecule has 0 fully saturated rings. The van der Waals surface area contributed by atoms with Crippen LogP contribution < -0.4 is 16.0 Å². The number of anilines is 3. The number of aryl methyl sites for hydroxylation is 3. The highest BCUT2D eigenvalue weighted by atomic mass is 16.6. The maximum absolute atomic E-state index is 11.1. The Morgan fingerprint density at radius 1 is 0.550 bits per heavy atom. The fourth-order valence-electron chi connectivity index (χ4n) is 4.32. The molecule has 13 heteroatoms. The van der Waals surface area contributed by atoms with Gasteiger partial charge < -0.3 is 16.0 Å². The molecule has 0 aliphatic rings. The minimum absolute atomic E-state index is 0.0762. The number of nitrogens with zero attached hydrogens (tertiary/aromatic N) is 4. The average Bonchev–Trinajstić information content (AvgIpc) is 2.88. The first kappa shape index (κ1) is 29.8. The highest BCUT2D eigenvalue weighted by Crippen LogP contribution is 2.23. The third-order valence-corrected chi connectivity index (χ3v) is 6.45. The first-order valence-electron chi connectivity index (χ1n) is 12.7. The van der Waals surface area contributed by atoms with Crippen LogP contribution in [-0.2, 0) is 0 Å². The van der Waals surface area contributed by atoms with E-state index in [1.807, 2.05) is 0 Å². The molecule has 0 unspecified atom stereocenters. The van der Waals surface area contributed by atoms with E-state index in [9.17, 15) is 30.3 Å². The highest BCUT2D eigenvalue weighted by Gasteiger charge is 2.13. The quantitative estimate of drug-likeness (QED) is 0.167. The first-order chi connectivity index (χ1) is 19.0. The van der Waals surface area contributed by atoms with Gasteiger partial charge in [0.15, 0.2) is 0 Å². The van der Waals surface area contributed by atoms with Gasteiger partial charge in [-0.2, -0.15) is 0 Å². The van der Waals surface area contributed by atoms with E-state index in [4.69, 9.17) is 0 Å². The van der Waals surface area contributed by atoms with Gasteiger partial charge in [-0.15, -0.1) is 0 Å². The summed E-state index contributed by atoms with van der Waals surface area (Å²) in [4.78, 5) is 34.3. The smallest absolute Gasteiger partial charge is 0.272 e. The molecule has 0 aromatic heterocycles. The van der Waals surface area contributed by atoms with Crippen molar-refractivity contribution in [1.29, 1.82) is 0 Å². The maximum atomic E-state index is 11.1. The summed E-state index contributed by atoms with van der Waals surface area (Å²) in [5, 5.41) is 43.2. The number of nitro benzene ring substituents is 3. The van der Waals surface area contributed by atoms with Crippen molar-refractivity contribution in [3.05, 3.63) is 102 Å². The summed E-state index contributed by atoms with van der Waals surface area (Å²) in [6.45, 7) is 8.94. The molecular weight excluding hydrogens is 518 g/mol. The Balaban J connectivity index is 1.59. The number of benzene rings is 3. The van der Waals surface area contributed by atoms with E-state index in [2.05, 4.69) is 20.9 Å².